The summed E-state index contributed by atoms with van der Waals surface area (Å²) in [5.74, 6) is 0.633. The van der Waals surface area contributed by atoms with Gasteiger partial charge in [-0.15, -0.1) is 0 Å². The number of aromatic nitrogens is 1. The van der Waals surface area contributed by atoms with Gasteiger partial charge in [-0.3, -0.25) is 0 Å². The molecule has 9 heteroatoms. The van der Waals surface area contributed by atoms with Crippen LogP contribution in [0.15, 0.2) is 18.3 Å². The van der Waals surface area contributed by atoms with Crippen molar-refractivity contribution in [3.8, 4) is 5.88 Å². The fraction of sp³-hybridized carbons (Fsp3) is 0.571. The van der Waals surface area contributed by atoms with Crippen molar-refractivity contribution in [3.63, 3.8) is 0 Å². The van der Waals surface area contributed by atoms with Crippen LogP contribution < -0.4 is 15.4 Å². The average molecular weight is 343 g/mol. The monoisotopic (exact) mass is 343 g/mol. The van der Waals surface area contributed by atoms with Gasteiger partial charge in [0.05, 0.1) is 18.1 Å². The number of nitrogens with one attached hydrogen (secondary N) is 2. The normalized spacial score (nSPS) is 19.3. The van der Waals surface area contributed by atoms with Gasteiger partial charge in [-0.1, -0.05) is 6.07 Å². The van der Waals surface area contributed by atoms with Crippen LogP contribution in [0.2, 0.25) is 0 Å². The highest BCUT2D eigenvalue weighted by molar-refractivity contribution is 7.91. The first kappa shape index (κ1) is 17.5. The average Bonchev–Trinajstić information content (AvgIpc) is 2.85. The number of sulfone groups is 1. The molecule has 0 saturated carbocycles. The fourth-order valence-corrected chi connectivity index (χ4v) is 3.83. The molecule has 2 heterocycles. The summed E-state index contributed by atoms with van der Waals surface area (Å²) in [7, 11) is -1.40. The largest absolute Gasteiger partial charge is 0.475 e. The quantitative estimate of drug-likeness (QED) is 0.680. The van der Waals surface area contributed by atoms with Crippen molar-refractivity contribution in [2.75, 3.05) is 31.8 Å². The van der Waals surface area contributed by atoms with E-state index in [-0.39, 0.29) is 23.6 Å². The number of nitrogens with zero attached hydrogens (tertiary/aromatic N) is 1. The summed E-state index contributed by atoms with van der Waals surface area (Å²) in [6.45, 7) is 1.21. The molecule has 1 aliphatic heterocycles. The fourth-order valence-electron chi connectivity index (χ4n) is 2.16. The van der Waals surface area contributed by atoms with Gasteiger partial charge >= 0.3 is 6.03 Å². The van der Waals surface area contributed by atoms with Crippen molar-refractivity contribution < 1.29 is 22.7 Å². The van der Waals surface area contributed by atoms with E-state index in [1.54, 1.807) is 25.4 Å². The third kappa shape index (κ3) is 6.03. The smallest absolute Gasteiger partial charge is 0.315 e. The highest BCUT2D eigenvalue weighted by Gasteiger charge is 2.28. The van der Waals surface area contributed by atoms with Crippen molar-refractivity contribution in [2.24, 2.45) is 0 Å². The highest BCUT2D eigenvalue weighted by Crippen LogP contribution is 2.11. The predicted molar refractivity (Wildman–Crippen MR) is 84.0 cm³/mol. The van der Waals surface area contributed by atoms with Crippen LogP contribution in [0.3, 0.4) is 0 Å². The second-order valence-electron chi connectivity index (χ2n) is 5.27. The first-order chi connectivity index (χ1) is 11.0. The zero-order chi connectivity index (χ0) is 16.7. The number of carbonyl (C=O) groups excluding carboxylic acids is 1. The molecule has 2 rings (SSSR count). The van der Waals surface area contributed by atoms with Crippen LogP contribution in [0.5, 0.6) is 5.88 Å². The van der Waals surface area contributed by atoms with Gasteiger partial charge in [-0.25, -0.2) is 18.2 Å². The Morgan fingerprint density at radius 3 is 2.83 bits per heavy atom. The molecule has 2 amide bonds. The van der Waals surface area contributed by atoms with Crippen molar-refractivity contribution in [3.05, 3.63) is 23.9 Å². The Morgan fingerprint density at radius 2 is 2.22 bits per heavy atom. The van der Waals surface area contributed by atoms with Gasteiger partial charge in [0, 0.05) is 32.0 Å². The number of hydrogen-bond acceptors (Lipinski definition) is 6. The third-order valence-corrected chi connectivity index (χ3v) is 5.12. The number of ether oxygens (including phenoxy) is 2. The standard InChI is InChI=1S/C14H21N3O5S/c1-21-5-6-22-13-3-2-11(8-15-13)9-16-14(18)17-12-4-7-23(19,20)10-12/h2-3,8,12H,4-7,9-10H2,1H3,(H2,16,17,18). The molecule has 1 aliphatic rings. The zero-order valence-corrected chi connectivity index (χ0v) is 13.8. The molecule has 1 atom stereocenters. The van der Waals surface area contributed by atoms with Crippen LogP contribution in [0, 0.1) is 0 Å². The summed E-state index contributed by atoms with van der Waals surface area (Å²) >= 11 is 0. The van der Waals surface area contributed by atoms with Crippen molar-refractivity contribution in [1.29, 1.82) is 0 Å². The second kappa shape index (κ2) is 8.11. The van der Waals surface area contributed by atoms with Gasteiger partial charge in [0.1, 0.15) is 6.61 Å². The second-order valence-corrected chi connectivity index (χ2v) is 7.50. The molecule has 0 aliphatic carbocycles. The molecular weight excluding hydrogens is 322 g/mol. The zero-order valence-electron chi connectivity index (χ0n) is 12.9. The van der Waals surface area contributed by atoms with E-state index in [1.807, 2.05) is 0 Å². The Bertz CT molecular complexity index is 618. The van der Waals surface area contributed by atoms with Gasteiger partial charge in [0.15, 0.2) is 9.84 Å². The lowest BCUT2D eigenvalue weighted by Gasteiger charge is -2.12. The van der Waals surface area contributed by atoms with Crippen LogP contribution in [-0.4, -0.2) is 57.3 Å². The van der Waals surface area contributed by atoms with Crippen molar-refractivity contribution in [1.82, 2.24) is 15.6 Å². The lowest BCUT2D eigenvalue weighted by Crippen LogP contribution is -2.42. The van der Waals surface area contributed by atoms with Gasteiger partial charge in [-0.05, 0) is 12.0 Å². The highest BCUT2D eigenvalue weighted by atomic mass is 32.2. The SMILES string of the molecule is COCCOc1ccc(CNC(=O)NC2CCS(=O)(=O)C2)cn1. The van der Waals surface area contributed by atoms with Crippen molar-refractivity contribution in [2.45, 2.75) is 19.0 Å². The molecule has 1 fully saturated rings. The molecule has 23 heavy (non-hydrogen) atoms. The van der Waals surface area contributed by atoms with Crippen LogP contribution in [0.1, 0.15) is 12.0 Å². The van der Waals surface area contributed by atoms with E-state index in [0.717, 1.165) is 5.56 Å². The molecule has 2 N–H and O–H groups in total. The van der Waals surface area contributed by atoms with Gasteiger partial charge in [-0.2, -0.15) is 0 Å². The van der Waals surface area contributed by atoms with Crippen molar-refractivity contribution >= 4 is 15.9 Å². The topological polar surface area (TPSA) is 107 Å². The first-order valence-electron chi connectivity index (χ1n) is 7.30. The molecule has 1 saturated heterocycles. The first-order valence-corrected chi connectivity index (χ1v) is 9.12. The van der Waals surface area contributed by atoms with Gasteiger partial charge < -0.3 is 20.1 Å². The number of carbonyl (C=O) groups is 1. The molecule has 0 radical (unpaired) electrons. The molecule has 128 valence electrons. The molecular formula is C14H21N3O5S. The summed E-state index contributed by atoms with van der Waals surface area (Å²) in [5.41, 5.74) is 0.818. The van der Waals surface area contributed by atoms with Crippen LogP contribution in [0.25, 0.3) is 0 Å². The number of pyridine rings is 1. The maximum Gasteiger partial charge on any atom is 0.315 e. The van der Waals surface area contributed by atoms with Crippen LogP contribution >= 0.6 is 0 Å². The molecule has 1 aromatic rings. The van der Waals surface area contributed by atoms with E-state index in [1.165, 1.54) is 0 Å². The molecule has 1 aromatic heterocycles. The molecule has 0 aromatic carbocycles. The lowest BCUT2D eigenvalue weighted by atomic mass is 10.2. The Balaban J connectivity index is 1.72. The third-order valence-electron chi connectivity index (χ3n) is 3.36. The number of urea groups is 1. The predicted octanol–water partition coefficient (Wildman–Crippen LogP) is 0.0931. The molecule has 8 nitrogen and oxygen atoms in total. The lowest BCUT2D eigenvalue weighted by molar-refractivity contribution is 0.143. The van der Waals surface area contributed by atoms with E-state index in [2.05, 4.69) is 15.6 Å². The minimum Gasteiger partial charge on any atom is -0.475 e. The summed E-state index contributed by atoms with van der Waals surface area (Å²) in [4.78, 5) is 15.9. The Kier molecular flexibility index (Phi) is 6.17. The number of hydrogen-bond donors (Lipinski definition) is 2. The number of methoxy groups -OCH3 is 1. The molecule has 0 bridgehead atoms. The van der Waals surface area contributed by atoms with Crippen LogP contribution in [-0.2, 0) is 21.1 Å². The summed E-state index contributed by atoms with van der Waals surface area (Å²) < 4.78 is 32.9. The van der Waals surface area contributed by atoms with Gasteiger partial charge in [0.25, 0.3) is 0 Å². The van der Waals surface area contributed by atoms with E-state index in [0.29, 0.717) is 32.1 Å². The van der Waals surface area contributed by atoms with Crippen LogP contribution in [0.4, 0.5) is 4.79 Å². The number of amides is 2. The molecule has 1 unspecified atom stereocenters. The molecule has 0 spiro atoms. The summed E-state index contributed by atoms with van der Waals surface area (Å²) in [5, 5.41) is 5.34. The summed E-state index contributed by atoms with van der Waals surface area (Å²) in [6, 6.07) is 2.83. The maximum absolute atomic E-state index is 11.7. The van der Waals surface area contributed by atoms with E-state index in [4.69, 9.17) is 9.47 Å². The minimum atomic E-state index is -3.00. The Morgan fingerprint density at radius 1 is 1.39 bits per heavy atom. The van der Waals surface area contributed by atoms with Gasteiger partial charge in [0.2, 0.25) is 5.88 Å². The Labute approximate surface area is 135 Å². The minimum absolute atomic E-state index is 0.00941. The maximum atomic E-state index is 11.7. The van der Waals surface area contributed by atoms with E-state index in [9.17, 15) is 13.2 Å². The summed E-state index contributed by atoms with van der Waals surface area (Å²) in [6.07, 6.45) is 2.08. The van der Waals surface area contributed by atoms with E-state index >= 15 is 0 Å². The number of rotatable bonds is 7. The Hall–Kier alpha value is -1.87. The van der Waals surface area contributed by atoms with E-state index < -0.39 is 9.84 Å².